The van der Waals surface area contributed by atoms with Crippen LogP contribution in [0.25, 0.3) is 0 Å². The Morgan fingerprint density at radius 1 is 1.07 bits per heavy atom. The smallest absolute Gasteiger partial charge is 0.291 e. The highest BCUT2D eigenvalue weighted by Crippen LogP contribution is 2.26. The minimum atomic E-state index is -0.411. The van der Waals surface area contributed by atoms with Crippen LogP contribution in [0.3, 0.4) is 0 Å². The van der Waals surface area contributed by atoms with Crippen molar-refractivity contribution in [2.24, 2.45) is 0 Å². The van der Waals surface area contributed by atoms with Gasteiger partial charge >= 0.3 is 0 Å². The summed E-state index contributed by atoms with van der Waals surface area (Å²) >= 11 is 6.19. The van der Waals surface area contributed by atoms with Crippen molar-refractivity contribution in [2.45, 2.75) is 13.3 Å². The number of rotatable bonds is 7. The first-order valence-electron chi connectivity index (χ1n) is 8.71. The molecule has 0 aliphatic carbocycles. The number of ether oxygens (including phenoxy) is 1. The molecule has 3 rings (SSSR count). The Morgan fingerprint density at radius 2 is 1.86 bits per heavy atom. The first-order chi connectivity index (χ1) is 13.5. The van der Waals surface area contributed by atoms with E-state index in [1.807, 2.05) is 24.3 Å². The Bertz CT molecular complexity index is 953. The number of benzene rings is 2. The summed E-state index contributed by atoms with van der Waals surface area (Å²) in [6.45, 7) is 1.95. The van der Waals surface area contributed by atoms with E-state index in [1.54, 1.807) is 30.3 Å². The van der Waals surface area contributed by atoms with Crippen LogP contribution in [0.4, 0.5) is 11.4 Å². The normalized spacial score (nSPS) is 10.4. The molecule has 6 nitrogen and oxygen atoms in total. The van der Waals surface area contributed by atoms with Crippen molar-refractivity contribution in [2.75, 3.05) is 17.2 Å². The molecular weight excluding hydrogens is 380 g/mol. The van der Waals surface area contributed by atoms with Crippen LogP contribution >= 0.6 is 11.6 Å². The van der Waals surface area contributed by atoms with Crippen molar-refractivity contribution in [1.29, 1.82) is 0 Å². The van der Waals surface area contributed by atoms with Crippen LogP contribution in [0.15, 0.2) is 65.3 Å². The van der Waals surface area contributed by atoms with Crippen LogP contribution < -0.4 is 15.4 Å². The van der Waals surface area contributed by atoms with Crippen LogP contribution in [0.1, 0.15) is 23.0 Å². The maximum atomic E-state index is 12.1. The number of hydrogen-bond acceptors (Lipinski definition) is 4. The van der Waals surface area contributed by atoms with E-state index in [1.165, 1.54) is 11.8 Å². The third kappa shape index (κ3) is 5.14. The lowest BCUT2D eigenvalue weighted by atomic mass is 10.2. The van der Waals surface area contributed by atoms with E-state index in [-0.39, 0.29) is 23.3 Å². The van der Waals surface area contributed by atoms with Crippen LogP contribution in [0.2, 0.25) is 5.02 Å². The molecule has 0 saturated carbocycles. The minimum absolute atomic E-state index is 0.125. The van der Waals surface area contributed by atoms with Gasteiger partial charge in [-0.3, -0.25) is 9.59 Å². The zero-order chi connectivity index (χ0) is 19.9. The van der Waals surface area contributed by atoms with Gasteiger partial charge in [-0.2, -0.15) is 0 Å². The number of carbonyl (C=O) groups excluding carboxylic acids is 2. The van der Waals surface area contributed by atoms with Crippen molar-refractivity contribution in [3.05, 3.63) is 77.2 Å². The second-order valence-electron chi connectivity index (χ2n) is 5.96. The summed E-state index contributed by atoms with van der Waals surface area (Å²) in [6, 6.07) is 15.5. The number of carbonyl (C=O) groups is 2. The van der Waals surface area contributed by atoms with E-state index in [0.717, 1.165) is 6.42 Å². The highest BCUT2D eigenvalue weighted by molar-refractivity contribution is 6.34. The lowest BCUT2D eigenvalue weighted by molar-refractivity contribution is -0.118. The lowest BCUT2D eigenvalue weighted by Gasteiger charge is -2.10. The van der Waals surface area contributed by atoms with Crippen molar-refractivity contribution < 1.29 is 18.7 Å². The van der Waals surface area contributed by atoms with Crippen LogP contribution in [-0.2, 0) is 11.2 Å². The van der Waals surface area contributed by atoms with Gasteiger partial charge in [-0.1, -0.05) is 30.7 Å². The predicted octanol–water partition coefficient (Wildman–Crippen LogP) is 4.77. The summed E-state index contributed by atoms with van der Waals surface area (Å²) in [4.78, 5) is 24.1. The second kappa shape index (κ2) is 9.10. The molecule has 0 saturated heterocycles. The fourth-order valence-electron chi connectivity index (χ4n) is 2.45. The number of halogens is 1. The number of furan rings is 1. The summed E-state index contributed by atoms with van der Waals surface area (Å²) in [5, 5.41) is 5.64. The highest BCUT2D eigenvalue weighted by Gasteiger charge is 2.12. The summed E-state index contributed by atoms with van der Waals surface area (Å²) < 4.78 is 10.5. The molecular formula is C21H19ClN2O4. The Labute approximate surface area is 167 Å². The predicted molar refractivity (Wildman–Crippen MR) is 108 cm³/mol. The third-order valence-corrected chi connectivity index (χ3v) is 4.26. The number of hydrogen-bond donors (Lipinski definition) is 2. The SMILES string of the molecule is CCc1ccc(OCC(=O)Nc2ccc(NC(=O)c3ccco3)c(Cl)c2)cc1. The van der Waals surface area contributed by atoms with Crippen molar-refractivity contribution in [1.82, 2.24) is 0 Å². The number of anilines is 2. The molecule has 0 aliphatic heterocycles. The molecule has 0 aliphatic rings. The zero-order valence-electron chi connectivity index (χ0n) is 15.2. The summed E-state index contributed by atoms with van der Waals surface area (Å²) in [7, 11) is 0. The zero-order valence-corrected chi connectivity index (χ0v) is 16.0. The second-order valence-corrected chi connectivity index (χ2v) is 6.37. The average molecular weight is 399 g/mol. The summed E-state index contributed by atoms with van der Waals surface area (Å²) in [5.74, 6) is 0.0770. The molecule has 1 heterocycles. The Balaban J connectivity index is 1.54. The largest absolute Gasteiger partial charge is 0.484 e. The van der Waals surface area contributed by atoms with E-state index in [4.69, 9.17) is 20.8 Å². The molecule has 1 aromatic heterocycles. The number of amides is 2. The maximum Gasteiger partial charge on any atom is 0.291 e. The van der Waals surface area contributed by atoms with Gasteiger partial charge in [0, 0.05) is 5.69 Å². The summed E-state index contributed by atoms with van der Waals surface area (Å²) in [5.41, 5.74) is 2.11. The van der Waals surface area contributed by atoms with Crippen LogP contribution in [-0.4, -0.2) is 18.4 Å². The van der Waals surface area contributed by atoms with E-state index in [9.17, 15) is 9.59 Å². The van der Waals surface area contributed by atoms with Crippen LogP contribution in [0, 0.1) is 0 Å². The molecule has 3 aromatic rings. The summed E-state index contributed by atoms with van der Waals surface area (Å²) in [6.07, 6.45) is 2.36. The van der Waals surface area contributed by atoms with E-state index >= 15 is 0 Å². The molecule has 0 bridgehead atoms. The van der Waals surface area contributed by atoms with Crippen molar-refractivity contribution in [3.63, 3.8) is 0 Å². The molecule has 7 heteroatoms. The molecule has 2 aromatic carbocycles. The molecule has 0 radical (unpaired) electrons. The first-order valence-corrected chi connectivity index (χ1v) is 9.09. The van der Waals surface area contributed by atoms with Crippen LogP contribution in [0.5, 0.6) is 5.75 Å². The van der Waals surface area contributed by atoms with E-state index in [2.05, 4.69) is 17.6 Å². The number of aryl methyl sites for hydroxylation is 1. The standard InChI is InChI=1S/C21H19ClN2O4/c1-2-14-5-8-16(9-6-14)28-13-20(25)23-15-7-10-18(17(22)12-15)24-21(26)19-4-3-11-27-19/h3-12H,2,13H2,1H3,(H,23,25)(H,24,26). The van der Waals surface area contributed by atoms with Gasteiger partial charge in [0.2, 0.25) is 0 Å². The molecule has 0 unspecified atom stereocenters. The number of nitrogens with one attached hydrogen (secondary N) is 2. The molecule has 0 spiro atoms. The quantitative estimate of drug-likeness (QED) is 0.601. The Morgan fingerprint density at radius 3 is 2.50 bits per heavy atom. The van der Waals surface area contributed by atoms with Gasteiger partial charge in [0.25, 0.3) is 11.8 Å². The molecule has 2 N–H and O–H groups in total. The third-order valence-electron chi connectivity index (χ3n) is 3.95. The average Bonchev–Trinajstić information content (AvgIpc) is 3.24. The topological polar surface area (TPSA) is 80.6 Å². The van der Waals surface area contributed by atoms with Crippen molar-refractivity contribution >= 4 is 34.8 Å². The lowest BCUT2D eigenvalue weighted by Crippen LogP contribution is -2.20. The fourth-order valence-corrected chi connectivity index (χ4v) is 2.68. The highest BCUT2D eigenvalue weighted by atomic mass is 35.5. The first kappa shape index (κ1) is 19.5. The molecule has 0 atom stereocenters. The van der Waals surface area contributed by atoms with E-state index < -0.39 is 5.91 Å². The molecule has 144 valence electrons. The van der Waals surface area contributed by atoms with E-state index in [0.29, 0.717) is 17.1 Å². The fraction of sp³-hybridized carbons (Fsp3) is 0.143. The molecule has 28 heavy (non-hydrogen) atoms. The monoisotopic (exact) mass is 398 g/mol. The molecule has 2 amide bonds. The van der Waals surface area contributed by atoms with Gasteiger partial charge in [0.1, 0.15) is 5.75 Å². The molecule has 0 fully saturated rings. The Kier molecular flexibility index (Phi) is 6.34. The van der Waals surface area contributed by atoms with Gasteiger partial charge in [0.15, 0.2) is 12.4 Å². The van der Waals surface area contributed by atoms with Gasteiger partial charge < -0.3 is 19.8 Å². The van der Waals surface area contributed by atoms with Gasteiger partial charge in [-0.05, 0) is 54.4 Å². The maximum absolute atomic E-state index is 12.1. The van der Waals surface area contributed by atoms with Gasteiger partial charge in [-0.25, -0.2) is 0 Å². The van der Waals surface area contributed by atoms with Crippen molar-refractivity contribution in [3.8, 4) is 5.75 Å². The van der Waals surface area contributed by atoms with Gasteiger partial charge in [-0.15, -0.1) is 0 Å². The van der Waals surface area contributed by atoms with Gasteiger partial charge in [0.05, 0.1) is 17.0 Å². The Hall–Kier alpha value is -3.25. The minimum Gasteiger partial charge on any atom is -0.484 e.